The van der Waals surface area contributed by atoms with Gasteiger partial charge in [-0.3, -0.25) is 0 Å². The van der Waals surface area contributed by atoms with E-state index in [1.807, 2.05) is 14.1 Å². The summed E-state index contributed by atoms with van der Waals surface area (Å²) >= 11 is 0. The molecule has 112 valence electrons. The molecule has 0 aliphatic heterocycles. The van der Waals surface area contributed by atoms with Gasteiger partial charge in [0.15, 0.2) is 0 Å². The molecule has 1 saturated carbocycles. The maximum atomic E-state index is 10.8. The van der Waals surface area contributed by atoms with Crippen LogP contribution in [0.1, 0.15) is 48.8 Å². The Bertz CT molecular complexity index is 462. The first-order valence-electron chi connectivity index (χ1n) is 7.67. The number of rotatable bonds is 4. The van der Waals surface area contributed by atoms with Crippen LogP contribution in [0.25, 0.3) is 0 Å². The highest BCUT2D eigenvalue weighted by Crippen LogP contribution is 2.44. The van der Waals surface area contributed by atoms with Gasteiger partial charge in [0.2, 0.25) is 0 Å². The Morgan fingerprint density at radius 2 is 1.85 bits per heavy atom. The third-order valence-electron chi connectivity index (χ3n) is 4.76. The van der Waals surface area contributed by atoms with Crippen LogP contribution >= 0.6 is 0 Å². The molecule has 1 aromatic carbocycles. The normalized spacial score (nSPS) is 18.4. The smallest absolute Gasteiger partial charge is 0.124 e. The van der Waals surface area contributed by atoms with Crippen molar-refractivity contribution in [3.8, 4) is 5.75 Å². The number of benzene rings is 1. The minimum atomic E-state index is -0.0168. The molecule has 3 heteroatoms. The maximum Gasteiger partial charge on any atom is 0.124 e. The molecule has 1 aliphatic rings. The van der Waals surface area contributed by atoms with Crippen LogP contribution in [0.15, 0.2) is 12.1 Å². The highest BCUT2D eigenvalue weighted by molar-refractivity contribution is 5.49. The summed E-state index contributed by atoms with van der Waals surface area (Å²) in [6.07, 6.45) is 5.92. The van der Waals surface area contributed by atoms with E-state index >= 15 is 0 Å². The highest BCUT2D eigenvalue weighted by atomic mass is 16.3. The lowest BCUT2D eigenvalue weighted by molar-refractivity contribution is 0.288. The van der Waals surface area contributed by atoms with Crippen LogP contribution < -0.4 is 5.73 Å². The average Bonchev–Trinajstić information content (AvgIpc) is 2.44. The fourth-order valence-electron chi connectivity index (χ4n) is 3.49. The summed E-state index contributed by atoms with van der Waals surface area (Å²) in [6, 6.07) is 4.24. The molecule has 0 amide bonds. The number of hydrogen-bond acceptors (Lipinski definition) is 3. The number of aromatic hydroxyl groups is 1. The van der Waals surface area contributed by atoms with Crippen LogP contribution in [0.2, 0.25) is 0 Å². The molecule has 0 radical (unpaired) electrons. The van der Waals surface area contributed by atoms with Crippen molar-refractivity contribution in [1.29, 1.82) is 0 Å². The van der Waals surface area contributed by atoms with Crippen molar-refractivity contribution in [2.75, 3.05) is 20.6 Å². The van der Waals surface area contributed by atoms with E-state index in [1.165, 1.54) is 19.3 Å². The first-order chi connectivity index (χ1) is 9.50. The number of nitrogens with zero attached hydrogens (tertiary/aromatic N) is 1. The maximum absolute atomic E-state index is 10.8. The fraction of sp³-hybridized carbons (Fsp3) is 0.647. The predicted octanol–water partition coefficient (Wildman–Crippen LogP) is 2.92. The standard InChI is InChI=1S/C17H28N2O/c1-13-7-8-15(16(20)14(13)11-19(2)3)17(12-18)9-5-4-6-10-17/h7-8,20H,4-6,9-12,18H2,1-3H3. The van der Waals surface area contributed by atoms with Crippen molar-refractivity contribution in [3.63, 3.8) is 0 Å². The summed E-state index contributed by atoms with van der Waals surface area (Å²) in [4.78, 5) is 2.10. The van der Waals surface area contributed by atoms with E-state index < -0.39 is 0 Å². The zero-order chi connectivity index (χ0) is 14.8. The number of nitrogens with two attached hydrogens (primary N) is 1. The van der Waals surface area contributed by atoms with Gasteiger partial charge >= 0.3 is 0 Å². The van der Waals surface area contributed by atoms with Gasteiger partial charge in [-0.05, 0) is 39.4 Å². The summed E-state index contributed by atoms with van der Waals surface area (Å²) in [5.74, 6) is 0.478. The molecular weight excluding hydrogens is 248 g/mol. The Morgan fingerprint density at radius 3 is 2.40 bits per heavy atom. The summed E-state index contributed by atoms with van der Waals surface area (Å²) in [7, 11) is 4.07. The molecular formula is C17H28N2O. The largest absolute Gasteiger partial charge is 0.507 e. The minimum Gasteiger partial charge on any atom is -0.507 e. The summed E-state index contributed by atoms with van der Waals surface area (Å²) in [5, 5.41) is 10.8. The van der Waals surface area contributed by atoms with Crippen molar-refractivity contribution in [1.82, 2.24) is 4.90 Å². The second kappa shape index (κ2) is 6.15. The van der Waals surface area contributed by atoms with Crippen molar-refractivity contribution in [3.05, 3.63) is 28.8 Å². The fourth-order valence-corrected chi connectivity index (χ4v) is 3.49. The number of phenols is 1. The molecule has 0 atom stereocenters. The van der Waals surface area contributed by atoms with Crippen LogP contribution in [-0.4, -0.2) is 30.6 Å². The Labute approximate surface area is 122 Å². The second-order valence-electron chi connectivity index (χ2n) is 6.54. The molecule has 1 aliphatic carbocycles. The van der Waals surface area contributed by atoms with E-state index in [0.29, 0.717) is 12.3 Å². The van der Waals surface area contributed by atoms with Gasteiger partial charge in [-0.15, -0.1) is 0 Å². The first-order valence-corrected chi connectivity index (χ1v) is 7.67. The van der Waals surface area contributed by atoms with Crippen molar-refractivity contribution in [2.24, 2.45) is 5.73 Å². The van der Waals surface area contributed by atoms with Gasteiger partial charge in [0.05, 0.1) is 0 Å². The van der Waals surface area contributed by atoms with E-state index in [9.17, 15) is 5.11 Å². The first kappa shape index (κ1) is 15.3. The molecule has 3 nitrogen and oxygen atoms in total. The molecule has 1 fully saturated rings. The SMILES string of the molecule is Cc1ccc(C2(CN)CCCCC2)c(O)c1CN(C)C. The molecule has 0 bridgehead atoms. The second-order valence-corrected chi connectivity index (χ2v) is 6.54. The van der Waals surface area contributed by atoms with E-state index in [0.717, 1.165) is 36.1 Å². The Morgan fingerprint density at radius 1 is 1.20 bits per heavy atom. The lowest BCUT2D eigenvalue weighted by Gasteiger charge is -2.38. The number of hydrogen-bond donors (Lipinski definition) is 2. The van der Waals surface area contributed by atoms with Gasteiger partial charge < -0.3 is 15.7 Å². The third-order valence-corrected chi connectivity index (χ3v) is 4.76. The molecule has 0 aromatic heterocycles. The molecule has 0 spiro atoms. The zero-order valence-electron chi connectivity index (χ0n) is 13.1. The van der Waals surface area contributed by atoms with Crippen molar-refractivity contribution >= 4 is 0 Å². The lowest BCUT2D eigenvalue weighted by Crippen LogP contribution is -2.37. The molecule has 20 heavy (non-hydrogen) atoms. The monoisotopic (exact) mass is 276 g/mol. The Kier molecular flexibility index (Phi) is 4.71. The molecule has 2 rings (SSSR count). The topological polar surface area (TPSA) is 49.5 Å². The molecule has 1 aromatic rings. The van der Waals surface area contributed by atoms with Crippen LogP contribution in [0.4, 0.5) is 0 Å². The van der Waals surface area contributed by atoms with E-state index in [1.54, 1.807) is 0 Å². The Balaban J connectivity index is 2.45. The lowest BCUT2D eigenvalue weighted by atomic mass is 9.68. The van der Waals surface area contributed by atoms with Gasteiger partial charge in [0, 0.05) is 29.6 Å². The van der Waals surface area contributed by atoms with Gasteiger partial charge in [0.25, 0.3) is 0 Å². The minimum absolute atomic E-state index is 0.0168. The highest BCUT2D eigenvalue weighted by Gasteiger charge is 2.35. The molecule has 0 heterocycles. The van der Waals surface area contributed by atoms with Crippen LogP contribution in [0.3, 0.4) is 0 Å². The molecule has 3 N–H and O–H groups in total. The van der Waals surface area contributed by atoms with Crippen LogP contribution in [0, 0.1) is 6.92 Å². The summed E-state index contributed by atoms with van der Waals surface area (Å²) in [5.41, 5.74) is 9.36. The van der Waals surface area contributed by atoms with E-state index in [2.05, 4.69) is 24.0 Å². The van der Waals surface area contributed by atoms with Gasteiger partial charge in [-0.2, -0.15) is 0 Å². The summed E-state index contributed by atoms with van der Waals surface area (Å²) in [6.45, 7) is 3.47. The zero-order valence-corrected chi connectivity index (χ0v) is 13.1. The molecule has 0 saturated heterocycles. The summed E-state index contributed by atoms with van der Waals surface area (Å²) < 4.78 is 0. The van der Waals surface area contributed by atoms with E-state index in [4.69, 9.17) is 5.73 Å². The van der Waals surface area contributed by atoms with E-state index in [-0.39, 0.29) is 5.41 Å². The number of phenolic OH excluding ortho intramolecular Hbond substituents is 1. The van der Waals surface area contributed by atoms with Crippen molar-refractivity contribution < 1.29 is 5.11 Å². The average molecular weight is 276 g/mol. The quantitative estimate of drug-likeness (QED) is 0.889. The Hall–Kier alpha value is -1.06. The van der Waals surface area contributed by atoms with Crippen LogP contribution in [0.5, 0.6) is 5.75 Å². The van der Waals surface area contributed by atoms with Gasteiger partial charge in [0.1, 0.15) is 5.75 Å². The third kappa shape index (κ3) is 2.84. The van der Waals surface area contributed by atoms with Gasteiger partial charge in [-0.1, -0.05) is 31.4 Å². The van der Waals surface area contributed by atoms with Crippen molar-refractivity contribution in [2.45, 2.75) is 51.0 Å². The van der Waals surface area contributed by atoms with Crippen LogP contribution in [-0.2, 0) is 12.0 Å². The molecule has 0 unspecified atom stereocenters. The van der Waals surface area contributed by atoms with Gasteiger partial charge in [-0.25, -0.2) is 0 Å². The number of aryl methyl sites for hydroxylation is 1. The predicted molar refractivity (Wildman–Crippen MR) is 84.1 cm³/mol.